The predicted molar refractivity (Wildman–Crippen MR) is 108 cm³/mol. The number of nitrogens with one attached hydrogen (secondary N) is 2. The molecular weight excluding hydrogens is 312 g/mol. The number of nitrogens with zero attached hydrogens (tertiary/aromatic N) is 2. The van der Waals surface area contributed by atoms with Crippen LogP contribution < -0.4 is 10.6 Å². The lowest BCUT2D eigenvalue weighted by atomic mass is 10.1. The maximum atomic E-state index is 11.7. The number of carbonyl (C=O) groups excluding carboxylic acids is 1. The van der Waals surface area contributed by atoms with Crippen molar-refractivity contribution in [2.24, 2.45) is 0 Å². The quantitative estimate of drug-likeness (QED) is 0.722. The number of aromatic nitrogens is 1. The number of piperidine rings is 1. The minimum absolute atomic E-state index is 0.154. The fourth-order valence-corrected chi connectivity index (χ4v) is 2.56. The number of anilines is 1. The van der Waals surface area contributed by atoms with Crippen molar-refractivity contribution in [1.29, 1.82) is 0 Å². The number of carbonyl (C=O) groups is 1. The number of rotatable bonds is 6. The molecule has 2 rings (SSSR count). The van der Waals surface area contributed by atoms with Crippen molar-refractivity contribution in [2.45, 2.75) is 66.7 Å². The Bertz CT molecular complexity index is 428. The lowest BCUT2D eigenvalue weighted by Gasteiger charge is -2.26. The van der Waals surface area contributed by atoms with Gasteiger partial charge >= 0.3 is 6.03 Å². The Morgan fingerprint density at radius 1 is 1.08 bits per heavy atom. The number of likely N-dealkylation sites (tertiary alicyclic amines) is 1. The lowest BCUT2D eigenvalue weighted by molar-refractivity contribution is 0.224. The fraction of sp³-hybridized carbons (Fsp3) is 0.700. The molecule has 0 aliphatic carbocycles. The summed E-state index contributed by atoms with van der Waals surface area (Å²) in [7, 11) is 0. The number of aryl methyl sites for hydroxylation is 1. The number of unbranched alkanes of at least 4 members (excludes halogenated alkanes) is 1. The summed E-state index contributed by atoms with van der Waals surface area (Å²) in [6.07, 6.45) is 7.90. The van der Waals surface area contributed by atoms with Gasteiger partial charge in [0.25, 0.3) is 0 Å². The van der Waals surface area contributed by atoms with Crippen molar-refractivity contribution in [3.63, 3.8) is 0 Å². The largest absolute Gasteiger partial charge is 0.338 e. The number of amides is 2. The Balaban J connectivity index is 0.00000134. The molecule has 1 saturated heterocycles. The molecule has 0 radical (unpaired) electrons. The van der Waals surface area contributed by atoms with Crippen LogP contribution in [-0.2, 0) is 0 Å². The summed E-state index contributed by atoms with van der Waals surface area (Å²) in [6.45, 7) is 14.3. The van der Waals surface area contributed by atoms with E-state index in [2.05, 4.69) is 20.5 Å². The smallest absolute Gasteiger partial charge is 0.319 e. The second kappa shape index (κ2) is 15.9. The van der Waals surface area contributed by atoms with Gasteiger partial charge in [-0.05, 0) is 64.4 Å². The summed E-state index contributed by atoms with van der Waals surface area (Å²) in [5.74, 6) is 0. The summed E-state index contributed by atoms with van der Waals surface area (Å²) >= 11 is 0. The second-order valence-electron chi connectivity index (χ2n) is 5.68. The summed E-state index contributed by atoms with van der Waals surface area (Å²) in [4.78, 5) is 18.4. The van der Waals surface area contributed by atoms with Crippen molar-refractivity contribution in [1.82, 2.24) is 15.2 Å². The molecule has 1 aliphatic rings. The van der Waals surface area contributed by atoms with Crippen LogP contribution >= 0.6 is 0 Å². The first-order valence-electron chi connectivity index (χ1n) is 9.94. The molecule has 0 atom stereocenters. The average Bonchev–Trinajstić information content (AvgIpc) is 2.67. The van der Waals surface area contributed by atoms with Gasteiger partial charge in [0.15, 0.2) is 0 Å². The Labute approximate surface area is 154 Å². The van der Waals surface area contributed by atoms with Crippen LogP contribution in [0.1, 0.15) is 65.5 Å². The zero-order valence-corrected chi connectivity index (χ0v) is 16.9. The highest BCUT2D eigenvalue weighted by Gasteiger charge is 2.09. The van der Waals surface area contributed by atoms with Gasteiger partial charge in [-0.15, -0.1) is 0 Å². The van der Waals surface area contributed by atoms with Gasteiger partial charge in [-0.25, -0.2) is 4.79 Å². The van der Waals surface area contributed by atoms with Crippen LogP contribution in [0.4, 0.5) is 10.5 Å². The van der Waals surface area contributed by atoms with E-state index in [-0.39, 0.29) is 6.03 Å². The average molecular weight is 351 g/mol. The molecule has 0 aromatic carbocycles. The highest BCUT2D eigenvalue weighted by Crippen LogP contribution is 2.09. The molecular formula is C20H38N4O. The maximum absolute atomic E-state index is 11.7. The van der Waals surface area contributed by atoms with E-state index in [4.69, 9.17) is 0 Å². The number of hydrogen-bond acceptors (Lipinski definition) is 3. The van der Waals surface area contributed by atoms with Crippen molar-refractivity contribution in [3.8, 4) is 0 Å². The van der Waals surface area contributed by atoms with Crippen LogP contribution in [0.25, 0.3) is 0 Å². The van der Waals surface area contributed by atoms with Gasteiger partial charge in [0.05, 0.1) is 11.9 Å². The molecule has 0 bridgehead atoms. The normalized spacial score (nSPS) is 13.6. The zero-order valence-electron chi connectivity index (χ0n) is 16.9. The molecule has 5 heteroatoms. The molecule has 0 saturated carbocycles. The van der Waals surface area contributed by atoms with E-state index >= 15 is 0 Å². The summed E-state index contributed by atoms with van der Waals surface area (Å²) in [6, 6.07) is 3.59. The van der Waals surface area contributed by atoms with Crippen LogP contribution in [0.5, 0.6) is 0 Å². The van der Waals surface area contributed by atoms with E-state index in [0.29, 0.717) is 0 Å². The van der Waals surface area contributed by atoms with Crippen LogP contribution in [0, 0.1) is 6.92 Å². The molecule has 1 aromatic rings. The van der Waals surface area contributed by atoms with Crippen molar-refractivity contribution < 1.29 is 4.79 Å². The summed E-state index contributed by atoms with van der Waals surface area (Å²) < 4.78 is 0. The molecule has 1 fully saturated rings. The second-order valence-corrected chi connectivity index (χ2v) is 5.68. The SMILES string of the molecule is CC.CC.Cc1ccc(NC(=O)NCCCCN2CCCCC2)cn1. The first-order valence-corrected chi connectivity index (χ1v) is 9.94. The van der Waals surface area contributed by atoms with Crippen LogP contribution in [0.15, 0.2) is 18.3 Å². The standard InChI is InChI=1S/C16H26N4O.2C2H6/c1-14-7-8-15(13-18-14)19-16(21)17-9-3-6-12-20-10-4-2-5-11-20;2*1-2/h7-8,13H,2-6,9-12H2,1H3,(H2,17,19,21);2*1-2H3. The molecule has 1 aromatic heterocycles. The molecule has 0 unspecified atom stereocenters. The van der Waals surface area contributed by atoms with E-state index in [0.717, 1.165) is 37.3 Å². The minimum atomic E-state index is -0.154. The van der Waals surface area contributed by atoms with Crippen LogP contribution in [-0.4, -0.2) is 42.1 Å². The van der Waals surface area contributed by atoms with E-state index in [1.54, 1.807) is 6.20 Å². The molecule has 144 valence electrons. The molecule has 0 spiro atoms. The summed E-state index contributed by atoms with van der Waals surface area (Å²) in [5.41, 5.74) is 1.67. The number of pyridine rings is 1. The van der Waals surface area contributed by atoms with Gasteiger partial charge in [-0.2, -0.15) is 0 Å². The maximum Gasteiger partial charge on any atom is 0.319 e. The molecule has 2 amide bonds. The van der Waals surface area contributed by atoms with E-state index < -0.39 is 0 Å². The van der Waals surface area contributed by atoms with Gasteiger partial charge < -0.3 is 15.5 Å². The Morgan fingerprint density at radius 3 is 2.36 bits per heavy atom. The lowest BCUT2D eigenvalue weighted by Crippen LogP contribution is -2.32. The van der Waals surface area contributed by atoms with Crippen molar-refractivity contribution >= 4 is 11.7 Å². The molecule has 5 nitrogen and oxygen atoms in total. The van der Waals surface area contributed by atoms with Crippen molar-refractivity contribution in [2.75, 3.05) is 31.5 Å². The third-order valence-electron chi connectivity index (χ3n) is 3.80. The first-order chi connectivity index (χ1) is 12.2. The van der Waals surface area contributed by atoms with Gasteiger partial charge in [0.2, 0.25) is 0 Å². The van der Waals surface area contributed by atoms with Gasteiger partial charge in [-0.1, -0.05) is 34.1 Å². The van der Waals surface area contributed by atoms with Gasteiger partial charge in [0, 0.05) is 12.2 Å². The highest BCUT2D eigenvalue weighted by atomic mass is 16.2. The third-order valence-corrected chi connectivity index (χ3v) is 3.80. The van der Waals surface area contributed by atoms with Crippen LogP contribution in [0.2, 0.25) is 0 Å². The number of hydrogen-bond donors (Lipinski definition) is 2. The fourth-order valence-electron chi connectivity index (χ4n) is 2.56. The molecule has 2 heterocycles. The zero-order chi connectivity index (χ0) is 18.9. The first kappa shape index (κ1) is 23.4. The number of urea groups is 1. The Kier molecular flexibility index (Phi) is 14.9. The van der Waals surface area contributed by atoms with E-state index in [1.807, 2.05) is 46.8 Å². The van der Waals surface area contributed by atoms with Crippen LogP contribution in [0.3, 0.4) is 0 Å². The Morgan fingerprint density at radius 2 is 1.76 bits per heavy atom. The van der Waals surface area contributed by atoms with Gasteiger partial charge in [-0.3, -0.25) is 4.98 Å². The summed E-state index contributed by atoms with van der Waals surface area (Å²) in [5, 5.41) is 5.67. The molecule has 25 heavy (non-hydrogen) atoms. The predicted octanol–water partition coefficient (Wildman–Crippen LogP) is 4.83. The molecule has 2 N–H and O–H groups in total. The topological polar surface area (TPSA) is 57.3 Å². The Hall–Kier alpha value is -1.62. The van der Waals surface area contributed by atoms with E-state index in [1.165, 1.54) is 32.4 Å². The van der Waals surface area contributed by atoms with Crippen molar-refractivity contribution in [3.05, 3.63) is 24.0 Å². The highest BCUT2D eigenvalue weighted by molar-refractivity contribution is 5.88. The molecule has 1 aliphatic heterocycles. The third kappa shape index (κ3) is 11.5. The van der Waals surface area contributed by atoms with Gasteiger partial charge in [0.1, 0.15) is 0 Å². The van der Waals surface area contributed by atoms with E-state index in [9.17, 15) is 4.79 Å². The monoisotopic (exact) mass is 350 g/mol. The minimum Gasteiger partial charge on any atom is -0.338 e.